The lowest BCUT2D eigenvalue weighted by Gasteiger charge is -2.19. The summed E-state index contributed by atoms with van der Waals surface area (Å²) in [7, 11) is 1.59. The Kier molecular flexibility index (Phi) is 7.98. The highest BCUT2D eigenvalue weighted by Crippen LogP contribution is 2.25. The fourth-order valence-corrected chi connectivity index (χ4v) is 3.71. The van der Waals surface area contributed by atoms with Crippen LogP contribution in [0.5, 0.6) is 5.75 Å². The molecule has 5 nitrogen and oxygen atoms in total. The van der Waals surface area contributed by atoms with Gasteiger partial charge in [-0.2, -0.15) is 0 Å². The Balaban J connectivity index is 1.66. The number of halogens is 1. The fraction of sp³-hybridized carbons (Fsp3) is 0.167. The van der Waals surface area contributed by atoms with Crippen LogP contribution in [-0.2, 0) is 11.4 Å². The van der Waals surface area contributed by atoms with Gasteiger partial charge in [0.2, 0.25) is 5.91 Å². The van der Waals surface area contributed by atoms with Crippen LogP contribution in [0, 0.1) is 0 Å². The zero-order chi connectivity index (χ0) is 22.2. The molecule has 0 saturated carbocycles. The number of benzene rings is 3. The zero-order valence-electron chi connectivity index (χ0n) is 17.3. The van der Waals surface area contributed by atoms with E-state index in [2.05, 4.69) is 5.32 Å². The van der Waals surface area contributed by atoms with E-state index >= 15 is 0 Å². The average Bonchev–Trinajstić information content (AvgIpc) is 2.78. The lowest BCUT2D eigenvalue weighted by atomic mass is 10.1. The molecule has 0 fully saturated rings. The van der Waals surface area contributed by atoms with Crippen molar-refractivity contribution >= 4 is 40.9 Å². The van der Waals surface area contributed by atoms with Crippen LogP contribution in [0.1, 0.15) is 15.9 Å². The van der Waals surface area contributed by atoms with Crippen molar-refractivity contribution in [1.29, 1.82) is 0 Å². The average molecular weight is 455 g/mol. The highest BCUT2D eigenvalue weighted by atomic mass is 35.5. The van der Waals surface area contributed by atoms with Gasteiger partial charge in [-0.1, -0.05) is 54.1 Å². The Morgan fingerprint density at radius 3 is 2.45 bits per heavy atom. The standard InChI is InChI=1S/C24H23ClN2O3S/c1-27(15-23(28)26-20-12-6-8-14-22(20)31-2)24(29)18-10-4-7-13-21(18)30-16-17-9-3-5-11-19(17)25/h3-14H,15-16H2,1-2H3,(H,26,28). The van der Waals surface area contributed by atoms with Gasteiger partial charge in [-0.25, -0.2) is 0 Å². The zero-order valence-corrected chi connectivity index (χ0v) is 18.9. The van der Waals surface area contributed by atoms with Crippen molar-refractivity contribution in [2.24, 2.45) is 0 Å². The summed E-state index contributed by atoms with van der Waals surface area (Å²) in [4.78, 5) is 27.8. The second-order valence-electron chi connectivity index (χ2n) is 6.79. The summed E-state index contributed by atoms with van der Waals surface area (Å²) in [6, 6.07) is 21.9. The van der Waals surface area contributed by atoms with E-state index in [0.29, 0.717) is 16.3 Å². The molecule has 0 atom stereocenters. The molecule has 0 heterocycles. The van der Waals surface area contributed by atoms with Crippen LogP contribution in [0.15, 0.2) is 77.7 Å². The minimum Gasteiger partial charge on any atom is -0.488 e. The van der Waals surface area contributed by atoms with Gasteiger partial charge >= 0.3 is 0 Å². The molecule has 2 amide bonds. The van der Waals surface area contributed by atoms with Crippen molar-refractivity contribution in [3.05, 3.63) is 88.9 Å². The Morgan fingerprint density at radius 2 is 1.68 bits per heavy atom. The Morgan fingerprint density at radius 1 is 1.00 bits per heavy atom. The number of ether oxygens (including phenoxy) is 1. The molecule has 0 saturated heterocycles. The third kappa shape index (κ3) is 6.03. The second-order valence-corrected chi connectivity index (χ2v) is 8.04. The lowest BCUT2D eigenvalue weighted by Crippen LogP contribution is -2.35. The van der Waals surface area contributed by atoms with Gasteiger partial charge in [0.25, 0.3) is 5.91 Å². The monoisotopic (exact) mass is 454 g/mol. The molecule has 0 aliphatic rings. The summed E-state index contributed by atoms with van der Waals surface area (Å²) in [5, 5.41) is 3.47. The van der Waals surface area contributed by atoms with Gasteiger partial charge < -0.3 is 15.0 Å². The maximum absolute atomic E-state index is 13.0. The third-order valence-electron chi connectivity index (χ3n) is 4.57. The highest BCUT2D eigenvalue weighted by molar-refractivity contribution is 7.98. The predicted octanol–water partition coefficient (Wildman–Crippen LogP) is 5.35. The van der Waals surface area contributed by atoms with Gasteiger partial charge in [-0.3, -0.25) is 9.59 Å². The van der Waals surface area contributed by atoms with E-state index < -0.39 is 0 Å². The van der Waals surface area contributed by atoms with Crippen molar-refractivity contribution in [2.75, 3.05) is 25.2 Å². The number of nitrogens with one attached hydrogen (secondary N) is 1. The van der Waals surface area contributed by atoms with Crippen molar-refractivity contribution in [2.45, 2.75) is 11.5 Å². The van der Waals surface area contributed by atoms with Crippen LogP contribution in [0.25, 0.3) is 0 Å². The maximum atomic E-state index is 13.0. The van der Waals surface area contributed by atoms with Gasteiger partial charge in [-0.15, -0.1) is 11.8 Å². The van der Waals surface area contributed by atoms with E-state index in [0.717, 1.165) is 16.1 Å². The highest BCUT2D eigenvalue weighted by Gasteiger charge is 2.19. The molecular formula is C24H23ClN2O3S. The van der Waals surface area contributed by atoms with Gasteiger partial charge in [0.15, 0.2) is 0 Å². The van der Waals surface area contributed by atoms with Crippen LogP contribution in [-0.4, -0.2) is 36.6 Å². The molecule has 0 unspecified atom stereocenters. The molecule has 0 aliphatic carbocycles. The summed E-state index contributed by atoms with van der Waals surface area (Å²) in [6.45, 7) is 0.153. The fourth-order valence-electron chi connectivity index (χ4n) is 2.97. The van der Waals surface area contributed by atoms with Crippen LogP contribution < -0.4 is 10.1 Å². The molecule has 3 aromatic rings. The van der Waals surface area contributed by atoms with Gasteiger partial charge in [0.1, 0.15) is 12.4 Å². The topological polar surface area (TPSA) is 58.6 Å². The Bertz CT molecular complexity index is 1070. The Hall–Kier alpha value is -2.96. The number of likely N-dealkylation sites (N-methyl/N-ethyl adjacent to an activating group) is 1. The summed E-state index contributed by atoms with van der Waals surface area (Å²) in [6.07, 6.45) is 1.94. The van der Waals surface area contributed by atoms with Gasteiger partial charge in [0.05, 0.1) is 17.8 Å². The predicted molar refractivity (Wildman–Crippen MR) is 126 cm³/mol. The van der Waals surface area contributed by atoms with Gasteiger partial charge in [0, 0.05) is 22.5 Å². The first kappa shape index (κ1) is 22.7. The van der Waals surface area contributed by atoms with E-state index in [-0.39, 0.29) is 25.0 Å². The first-order valence-corrected chi connectivity index (χ1v) is 11.2. The molecule has 3 rings (SSSR count). The molecule has 0 aliphatic heterocycles. The van der Waals surface area contributed by atoms with Crippen LogP contribution in [0.4, 0.5) is 5.69 Å². The molecule has 0 bridgehead atoms. The smallest absolute Gasteiger partial charge is 0.257 e. The molecule has 0 radical (unpaired) electrons. The molecule has 1 N–H and O–H groups in total. The number of carbonyl (C=O) groups excluding carboxylic acids is 2. The minimum absolute atomic E-state index is 0.0829. The Labute approximate surface area is 191 Å². The molecule has 160 valence electrons. The molecule has 0 spiro atoms. The number of thioether (sulfide) groups is 1. The first-order chi connectivity index (χ1) is 15.0. The van der Waals surface area contributed by atoms with E-state index in [9.17, 15) is 9.59 Å². The molecule has 31 heavy (non-hydrogen) atoms. The third-order valence-corrected chi connectivity index (χ3v) is 5.73. The molecule has 7 heteroatoms. The molecular weight excluding hydrogens is 432 g/mol. The quantitative estimate of drug-likeness (QED) is 0.466. The SMILES string of the molecule is CSc1ccccc1NC(=O)CN(C)C(=O)c1ccccc1OCc1ccccc1Cl. The summed E-state index contributed by atoms with van der Waals surface area (Å²) in [5.74, 6) is -0.137. The summed E-state index contributed by atoms with van der Waals surface area (Å²) in [5.41, 5.74) is 1.94. The van der Waals surface area contributed by atoms with Crippen molar-refractivity contribution in [1.82, 2.24) is 4.90 Å². The van der Waals surface area contributed by atoms with Crippen molar-refractivity contribution in [3.8, 4) is 5.75 Å². The van der Waals surface area contributed by atoms with E-state index in [1.807, 2.05) is 48.7 Å². The van der Waals surface area contributed by atoms with E-state index in [4.69, 9.17) is 16.3 Å². The minimum atomic E-state index is -0.303. The number of rotatable bonds is 8. The number of anilines is 1. The van der Waals surface area contributed by atoms with Crippen LogP contribution in [0.2, 0.25) is 5.02 Å². The number of hydrogen-bond donors (Lipinski definition) is 1. The second kappa shape index (κ2) is 10.9. The lowest BCUT2D eigenvalue weighted by molar-refractivity contribution is -0.116. The number of hydrogen-bond acceptors (Lipinski definition) is 4. The summed E-state index contributed by atoms with van der Waals surface area (Å²) >= 11 is 7.73. The first-order valence-electron chi connectivity index (χ1n) is 9.63. The number of para-hydroxylation sites is 2. The van der Waals surface area contributed by atoms with Gasteiger partial charge in [-0.05, 0) is 36.6 Å². The van der Waals surface area contributed by atoms with Crippen molar-refractivity contribution in [3.63, 3.8) is 0 Å². The van der Waals surface area contributed by atoms with E-state index in [1.54, 1.807) is 49.1 Å². The maximum Gasteiger partial charge on any atom is 0.257 e. The number of amides is 2. The normalized spacial score (nSPS) is 10.4. The van der Waals surface area contributed by atoms with Crippen LogP contribution in [0.3, 0.4) is 0 Å². The molecule has 0 aromatic heterocycles. The van der Waals surface area contributed by atoms with E-state index in [1.165, 1.54) is 4.90 Å². The molecule has 3 aromatic carbocycles. The number of nitrogens with zero attached hydrogens (tertiary/aromatic N) is 1. The summed E-state index contributed by atoms with van der Waals surface area (Å²) < 4.78 is 5.87. The largest absolute Gasteiger partial charge is 0.488 e. The van der Waals surface area contributed by atoms with Crippen molar-refractivity contribution < 1.29 is 14.3 Å². The number of carbonyl (C=O) groups is 2. The van der Waals surface area contributed by atoms with Crippen LogP contribution >= 0.6 is 23.4 Å².